The molecule has 0 spiro atoms. The Balaban J connectivity index is 2.02. The van der Waals surface area contributed by atoms with Gasteiger partial charge in [-0.2, -0.15) is 0 Å². The lowest BCUT2D eigenvalue weighted by Crippen LogP contribution is -2.14. The second-order valence-corrected chi connectivity index (χ2v) is 4.52. The summed E-state index contributed by atoms with van der Waals surface area (Å²) in [6, 6.07) is 3.06. The van der Waals surface area contributed by atoms with Crippen molar-refractivity contribution in [3.63, 3.8) is 0 Å². The van der Waals surface area contributed by atoms with Gasteiger partial charge in [-0.1, -0.05) is 0 Å². The minimum Gasteiger partial charge on any atom is -0.394 e. The summed E-state index contributed by atoms with van der Waals surface area (Å²) in [7, 11) is 0. The molecule has 0 aromatic carbocycles. The van der Waals surface area contributed by atoms with Crippen LogP contribution in [0.15, 0.2) is 24.5 Å². The summed E-state index contributed by atoms with van der Waals surface area (Å²) in [5, 5.41) is 20.5. The maximum Gasteiger partial charge on any atom is 0.281 e. The molecule has 1 saturated heterocycles. The SMILES string of the molecule is O=[N+]([O-])c1ccnc2c1ccn2[C@@H]1CC[C@@H](CO)O1. The fourth-order valence-corrected chi connectivity index (χ4v) is 2.46. The number of nitro groups is 1. The Bertz CT molecular complexity index is 624. The van der Waals surface area contributed by atoms with Crippen molar-refractivity contribution in [2.45, 2.75) is 25.2 Å². The largest absolute Gasteiger partial charge is 0.394 e. The molecule has 0 bridgehead atoms. The number of aliphatic hydroxyl groups is 1. The highest BCUT2D eigenvalue weighted by atomic mass is 16.6. The van der Waals surface area contributed by atoms with Crippen molar-refractivity contribution in [1.29, 1.82) is 0 Å². The Hall–Kier alpha value is -1.99. The van der Waals surface area contributed by atoms with Crippen molar-refractivity contribution in [3.05, 3.63) is 34.6 Å². The van der Waals surface area contributed by atoms with Gasteiger partial charge in [0.25, 0.3) is 5.69 Å². The van der Waals surface area contributed by atoms with Crippen molar-refractivity contribution < 1.29 is 14.8 Å². The Kier molecular flexibility index (Phi) is 2.92. The second kappa shape index (κ2) is 4.60. The van der Waals surface area contributed by atoms with Crippen molar-refractivity contribution in [1.82, 2.24) is 9.55 Å². The van der Waals surface area contributed by atoms with Gasteiger partial charge >= 0.3 is 0 Å². The zero-order valence-corrected chi connectivity index (χ0v) is 10.1. The van der Waals surface area contributed by atoms with Crippen molar-refractivity contribution in [3.8, 4) is 0 Å². The maximum absolute atomic E-state index is 10.9. The first-order chi connectivity index (χ1) is 9.20. The predicted molar refractivity (Wildman–Crippen MR) is 66.6 cm³/mol. The topological polar surface area (TPSA) is 90.4 Å². The molecule has 0 amide bonds. The summed E-state index contributed by atoms with van der Waals surface area (Å²) in [4.78, 5) is 14.7. The Morgan fingerprint density at radius 3 is 3.05 bits per heavy atom. The van der Waals surface area contributed by atoms with Crippen LogP contribution in [0.3, 0.4) is 0 Å². The van der Waals surface area contributed by atoms with E-state index >= 15 is 0 Å². The van der Waals surface area contributed by atoms with Crippen LogP contribution in [0.4, 0.5) is 5.69 Å². The highest BCUT2D eigenvalue weighted by Crippen LogP contribution is 2.33. The van der Waals surface area contributed by atoms with Crippen LogP contribution >= 0.6 is 0 Å². The number of rotatable bonds is 3. The fourth-order valence-electron chi connectivity index (χ4n) is 2.46. The maximum atomic E-state index is 10.9. The van der Waals surface area contributed by atoms with Gasteiger partial charge in [0.15, 0.2) is 0 Å². The van der Waals surface area contributed by atoms with Crippen LogP contribution in [0.2, 0.25) is 0 Å². The van der Waals surface area contributed by atoms with E-state index in [2.05, 4.69) is 4.98 Å². The third-order valence-electron chi connectivity index (χ3n) is 3.39. The molecule has 3 heterocycles. The number of fused-ring (bicyclic) bond motifs is 1. The number of aliphatic hydroxyl groups excluding tert-OH is 1. The predicted octanol–water partition coefficient (Wildman–Crippen LogP) is 1.61. The van der Waals surface area contributed by atoms with Crippen LogP contribution in [0, 0.1) is 10.1 Å². The lowest BCUT2D eigenvalue weighted by Gasteiger charge is -2.14. The van der Waals surface area contributed by atoms with Gasteiger partial charge in [0.2, 0.25) is 0 Å². The van der Waals surface area contributed by atoms with Crippen molar-refractivity contribution in [2.75, 3.05) is 6.61 Å². The number of hydrogen-bond donors (Lipinski definition) is 1. The summed E-state index contributed by atoms with van der Waals surface area (Å²) in [6.45, 7) is -0.0106. The minimum atomic E-state index is -0.416. The quantitative estimate of drug-likeness (QED) is 0.671. The van der Waals surface area contributed by atoms with E-state index in [-0.39, 0.29) is 24.6 Å². The zero-order valence-electron chi connectivity index (χ0n) is 10.1. The van der Waals surface area contributed by atoms with Crippen LogP contribution in [-0.2, 0) is 4.74 Å². The molecule has 7 nitrogen and oxygen atoms in total. The van der Waals surface area contributed by atoms with Crippen LogP contribution in [0.5, 0.6) is 0 Å². The first kappa shape index (κ1) is 12.1. The number of aromatic nitrogens is 2. The third kappa shape index (κ3) is 1.96. The molecule has 1 aliphatic heterocycles. The van der Waals surface area contributed by atoms with E-state index in [0.717, 1.165) is 12.8 Å². The number of ether oxygens (including phenoxy) is 1. The molecule has 19 heavy (non-hydrogen) atoms. The van der Waals surface area contributed by atoms with Gasteiger partial charge in [-0.05, 0) is 18.9 Å². The zero-order chi connectivity index (χ0) is 13.4. The highest BCUT2D eigenvalue weighted by Gasteiger charge is 2.27. The van der Waals surface area contributed by atoms with Gasteiger partial charge in [-0.25, -0.2) is 4.98 Å². The molecule has 7 heteroatoms. The number of pyridine rings is 1. The van der Waals surface area contributed by atoms with Crippen molar-refractivity contribution >= 4 is 16.7 Å². The third-order valence-corrected chi connectivity index (χ3v) is 3.39. The van der Waals surface area contributed by atoms with Gasteiger partial charge in [-0.15, -0.1) is 0 Å². The Morgan fingerprint density at radius 2 is 2.37 bits per heavy atom. The van der Waals surface area contributed by atoms with E-state index in [1.807, 2.05) is 0 Å². The monoisotopic (exact) mass is 263 g/mol. The van der Waals surface area contributed by atoms with Gasteiger partial charge in [0, 0.05) is 18.5 Å². The summed E-state index contributed by atoms with van der Waals surface area (Å²) >= 11 is 0. The molecular formula is C12H13N3O4. The van der Waals surface area contributed by atoms with Gasteiger partial charge < -0.3 is 14.4 Å². The molecule has 0 unspecified atom stereocenters. The van der Waals surface area contributed by atoms with Gasteiger partial charge in [-0.3, -0.25) is 10.1 Å². The first-order valence-corrected chi connectivity index (χ1v) is 6.07. The molecule has 1 aliphatic rings. The molecule has 0 aliphatic carbocycles. The summed E-state index contributed by atoms with van der Waals surface area (Å²) in [5.41, 5.74) is 0.582. The minimum absolute atomic E-state index is 0.0106. The van der Waals surface area contributed by atoms with Crippen LogP contribution in [0.25, 0.3) is 11.0 Å². The van der Waals surface area contributed by atoms with E-state index in [4.69, 9.17) is 9.84 Å². The summed E-state index contributed by atoms with van der Waals surface area (Å²) in [5.74, 6) is 0. The lowest BCUT2D eigenvalue weighted by molar-refractivity contribution is -0.383. The van der Waals surface area contributed by atoms with E-state index in [0.29, 0.717) is 11.0 Å². The van der Waals surface area contributed by atoms with E-state index in [9.17, 15) is 10.1 Å². The molecule has 2 aromatic rings. The first-order valence-electron chi connectivity index (χ1n) is 6.07. The average molecular weight is 263 g/mol. The van der Waals surface area contributed by atoms with Gasteiger partial charge in [0.1, 0.15) is 11.9 Å². The van der Waals surface area contributed by atoms with Gasteiger partial charge in [0.05, 0.1) is 23.0 Å². The molecule has 3 rings (SSSR count). The summed E-state index contributed by atoms with van der Waals surface area (Å²) in [6.07, 6.45) is 4.32. The number of hydrogen-bond acceptors (Lipinski definition) is 5. The molecule has 0 saturated carbocycles. The highest BCUT2D eigenvalue weighted by molar-refractivity contribution is 5.85. The Morgan fingerprint density at radius 1 is 1.53 bits per heavy atom. The molecule has 2 atom stereocenters. The van der Waals surface area contributed by atoms with E-state index in [1.54, 1.807) is 16.8 Å². The van der Waals surface area contributed by atoms with E-state index in [1.165, 1.54) is 12.3 Å². The molecule has 0 radical (unpaired) electrons. The average Bonchev–Trinajstić information content (AvgIpc) is 3.03. The molecule has 2 aromatic heterocycles. The van der Waals surface area contributed by atoms with Crippen LogP contribution < -0.4 is 0 Å². The Labute approximate surface area is 108 Å². The second-order valence-electron chi connectivity index (χ2n) is 4.52. The lowest BCUT2D eigenvalue weighted by atomic mass is 10.2. The molecule has 100 valence electrons. The standard InChI is InChI=1S/C12H13N3O4/c16-7-8-1-2-11(19-8)14-6-4-9-10(15(17)18)3-5-13-12(9)14/h3-6,8,11,16H,1-2,7H2/t8-,11-/m0/s1. The van der Waals surface area contributed by atoms with Crippen LogP contribution in [-0.4, -0.2) is 32.3 Å². The molecule has 1 N–H and O–H groups in total. The smallest absolute Gasteiger partial charge is 0.281 e. The molecule has 1 fully saturated rings. The normalized spacial score (nSPS) is 23.0. The summed E-state index contributed by atoms with van der Waals surface area (Å²) < 4.78 is 7.46. The van der Waals surface area contributed by atoms with E-state index < -0.39 is 4.92 Å². The number of nitrogens with zero attached hydrogens (tertiary/aromatic N) is 3. The van der Waals surface area contributed by atoms with Crippen LogP contribution in [0.1, 0.15) is 19.1 Å². The van der Waals surface area contributed by atoms with Crippen molar-refractivity contribution in [2.24, 2.45) is 0 Å². The molecular weight excluding hydrogens is 250 g/mol. The fraction of sp³-hybridized carbons (Fsp3) is 0.417.